The van der Waals surface area contributed by atoms with Gasteiger partial charge in [-0.25, -0.2) is 0 Å². The smallest absolute Gasteiger partial charge is 0.230 e. The Morgan fingerprint density at radius 3 is 1.96 bits per heavy atom. The molecular weight excluding hydrogens is 300 g/mol. The average molecular weight is 326 g/mol. The van der Waals surface area contributed by atoms with Crippen LogP contribution in [0.1, 0.15) is 45.4 Å². The lowest BCUT2D eigenvalue weighted by Crippen LogP contribution is -2.51. The zero-order valence-corrected chi connectivity index (χ0v) is 14.5. The van der Waals surface area contributed by atoms with Gasteiger partial charge in [-0.15, -0.1) is 0 Å². The van der Waals surface area contributed by atoms with Gasteiger partial charge in [0.25, 0.3) is 0 Å². The molecule has 128 valence electrons. The number of rotatable bonds is 3. The highest BCUT2D eigenvalue weighted by Gasteiger charge is 2.54. The van der Waals surface area contributed by atoms with Gasteiger partial charge in [-0.2, -0.15) is 0 Å². The van der Waals surface area contributed by atoms with E-state index in [-0.39, 0.29) is 17.2 Å². The second-order valence-corrected chi connectivity index (χ2v) is 8.28. The number of nitrogens with one attached hydrogen (secondary N) is 1. The van der Waals surface area contributed by atoms with Crippen molar-refractivity contribution in [1.82, 2.24) is 0 Å². The molecule has 0 saturated heterocycles. The van der Waals surface area contributed by atoms with Crippen molar-refractivity contribution in [3.8, 4) is 0 Å². The molecule has 0 aliphatic heterocycles. The van der Waals surface area contributed by atoms with Crippen molar-refractivity contribution in [2.24, 2.45) is 23.2 Å². The fourth-order valence-corrected chi connectivity index (χ4v) is 5.60. The molecule has 5 rings (SSSR count). The van der Waals surface area contributed by atoms with Gasteiger partial charge in [0, 0.05) is 25.3 Å². The largest absolute Gasteiger partial charge is 0.326 e. The Labute approximate surface area is 143 Å². The minimum Gasteiger partial charge on any atom is -0.326 e. The lowest BCUT2D eigenvalue weighted by atomic mass is 9.49. The molecule has 4 fully saturated rings. The molecule has 4 bridgehead atoms. The van der Waals surface area contributed by atoms with E-state index in [4.69, 9.17) is 0 Å². The summed E-state index contributed by atoms with van der Waals surface area (Å²) in [5.41, 5.74) is 1.55. The second-order valence-electron chi connectivity index (χ2n) is 8.28. The molecule has 0 heterocycles. The van der Waals surface area contributed by atoms with E-state index in [0.29, 0.717) is 0 Å². The van der Waals surface area contributed by atoms with Crippen LogP contribution in [-0.2, 0) is 9.59 Å². The Balaban J connectivity index is 1.47. The summed E-state index contributed by atoms with van der Waals surface area (Å²) < 4.78 is 0. The highest BCUT2D eigenvalue weighted by Crippen LogP contribution is 2.60. The van der Waals surface area contributed by atoms with Gasteiger partial charge in [0.2, 0.25) is 11.8 Å². The van der Waals surface area contributed by atoms with E-state index in [2.05, 4.69) is 5.32 Å². The van der Waals surface area contributed by atoms with E-state index >= 15 is 0 Å². The quantitative estimate of drug-likeness (QED) is 0.918. The first-order valence-electron chi connectivity index (χ1n) is 9.11. The minimum atomic E-state index is -0.121. The summed E-state index contributed by atoms with van der Waals surface area (Å²) in [7, 11) is 1.76. The maximum Gasteiger partial charge on any atom is 0.230 e. The van der Waals surface area contributed by atoms with Crippen molar-refractivity contribution in [3.05, 3.63) is 24.3 Å². The highest BCUT2D eigenvalue weighted by atomic mass is 16.2. The molecule has 2 amide bonds. The molecule has 0 spiro atoms. The van der Waals surface area contributed by atoms with Crippen LogP contribution in [0, 0.1) is 23.2 Å². The molecule has 4 aliphatic rings. The Hall–Kier alpha value is -1.84. The predicted octanol–water partition coefficient (Wildman–Crippen LogP) is 3.82. The maximum absolute atomic E-state index is 13.0. The van der Waals surface area contributed by atoms with Crippen molar-refractivity contribution in [2.75, 3.05) is 17.3 Å². The summed E-state index contributed by atoms with van der Waals surface area (Å²) in [6.45, 7) is 1.54. The number of hydrogen-bond donors (Lipinski definition) is 1. The van der Waals surface area contributed by atoms with Gasteiger partial charge in [0.15, 0.2) is 0 Å². The third-order valence-electron chi connectivity index (χ3n) is 6.50. The number of benzene rings is 1. The molecule has 4 saturated carbocycles. The molecule has 4 heteroatoms. The zero-order chi connectivity index (χ0) is 16.9. The Kier molecular flexibility index (Phi) is 3.66. The van der Waals surface area contributed by atoms with Crippen molar-refractivity contribution in [2.45, 2.75) is 45.4 Å². The van der Waals surface area contributed by atoms with Crippen LogP contribution in [0.3, 0.4) is 0 Å². The third kappa shape index (κ3) is 2.62. The molecule has 0 unspecified atom stereocenters. The van der Waals surface area contributed by atoms with Crippen LogP contribution in [0.5, 0.6) is 0 Å². The first-order chi connectivity index (χ1) is 11.4. The van der Waals surface area contributed by atoms with Gasteiger partial charge < -0.3 is 10.2 Å². The zero-order valence-electron chi connectivity index (χ0n) is 14.5. The van der Waals surface area contributed by atoms with Crippen molar-refractivity contribution >= 4 is 23.2 Å². The SMILES string of the molecule is CC(=O)N(C)c1ccc(NC(=O)C23CC4CC(CC(C4)C2)C3)cc1. The number of carbonyl (C=O) groups excluding carboxylic acids is 2. The van der Waals surface area contributed by atoms with Gasteiger partial charge >= 0.3 is 0 Å². The molecule has 0 aromatic heterocycles. The monoisotopic (exact) mass is 326 g/mol. The van der Waals surface area contributed by atoms with E-state index in [1.807, 2.05) is 24.3 Å². The van der Waals surface area contributed by atoms with Gasteiger partial charge in [-0.1, -0.05) is 0 Å². The highest BCUT2D eigenvalue weighted by molar-refractivity contribution is 5.96. The van der Waals surface area contributed by atoms with E-state index in [1.54, 1.807) is 18.9 Å². The lowest BCUT2D eigenvalue weighted by molar-refractivity contribution is -0.140. The van der Waals surface area contributed by atoms with E-state index < -0.39 is 0 Å². The van der Waals surface area contributed by atoms with Crippen LogP contribution >= 0.6 is 0 Å². The first-order valence-corrected chi connectivity index (χ1v) is 9.11. The summed E-state index contributed by atoms with van der Waals surface area (Å²) in [4.78, 5) is 26.0. The lowest BCUT2D eigenvalue weighted by Gasteiger charge is -2.55. The van der Waals surface area contributed by atoms with Gasteiger partial charge in [-0.3, -0.25) is 9.59 Å². The Morgan fingerprint density at radius 1 is 1.00 bits per heavy atom. The average Bonchev–Trinajstić information content (AvgIpc) is 2.53. The number of anilines is 2. The van der Waals surface area contributed by atoms with Crippen molar-refractivity contribution < 1.29 is 9.59 Å². The van der Waals surface area contributed by atoms with Gasteiger partial charge in [0.05, 0.1) is 5.41 Å². The third-order valence-corrected chi connectivity index (χ3v) is 6.50. The number of hydrogen-bond acceptors (Lipinski definition) is 2. The molecule has 0 radical (unpaired) electrons. The fourth-order valence-electron chi connectivity index (χ4n) is 5.60. The fraction of sp³-hybridized carbons (Fsp3) is 0.600. The van der Waals surface area contributed by atoms with Gasteiger partial charge in [0.1, 0.15) is 0 Å². The second kappa shape index (κ2) is 5.61. The number of nitrogens with zero attached hydrogens (tertiary/aromatic N) is 1. The molecule has 1 aromatic carbocycles. The molecular formula is C20H26N2O2. The topological polar surface area (TPSA) is 49.4 Å². The number of amides is 2. The molecule has 4 nitrogen and oxygen atoms in total. The van der Waals surface area contributed by atoms with Crippen LogP contribution < -0.4 is 10.2 Å². The van der Waals surface area contributed by atoms with Crippen LogP contribution in [0.2, 0.25) is 0 Å². The van der Waals surface area contributed by atoms with Crippen molar-refractivity contribution in [1.29, 1.82) is 0 Å². The maximum atomic E-state index is 13.0. The normalized spacial score (nSPS) is 33.3. The summed E-state index contributed by atoms with van der Waals surface area (Å²) in [6.07, 6.45) is 7.28. The summed E-state index contributed by atoms with van der Waals surface area (Å²) in [6, 6.07) is 7.56. The standard InChI is InChI=1S/C20H26N2O2/c1-13(23)22(2)18-5-3-17(4-6-18)21-19(24)20-10-14-7-15(11-20)9-16(8-14)12-20/h3-6,14-16H,7-12H2,1-2H3,(H,21,24). The molecule has 24 heavy (non-hydrogen) atoms. The van der Waals surface area contributed by atoms with Crippen LogP contribution in [-0.4, -0.2) is 18.9 Å². The van der Waals surface area contributed by atoms with E-state index in [0.717, 1.165) is 48.4 Å². The predicted molar refractivity (Wildman–Crippen MR) is 94.8 cm³/mol. The molecule has 1 N–H and O–H groups in total. The summed E-state index contributed by atoms with van der Waals surface area (Å²) in [5, 5.41) is 3.15. The van der Waals surface area contributed by atoms with Crippen LogP contribution in [0.25, 0.3) is 0 Å². The number of carbonyl (C=O) groups is 2. The minimum absolute atomic E-state index is 0.000327. The molecule has 0 atom stereocenters. The van der Waals surface area contributed by atoms with E-state index in [9.17, 15) is 9.59 Å². The van der Waals surface area contributed by atoms with Crippen LogP contribution in [0.15, 0.2) is 24.3 Å². The molecule has 4 aliphatic carbocycles. The van der Waals surface area contributed by atoms with Crippen LogP contribution in [0.4, 0.5) is 11.4 Å². The van der Waals surface area contributed by atoms with Crippen molar-refractivity contribution in [3.63, 3.8) is 0 Å². The molecule has 1 aromatic rings. The Bertz CT molecular complexity index is 629. The summed E-state index contributed by atoms with van der Waals surface area (Å²) in [5.74, 6) is 2.53. The van der Waals surface area contributed by atoms with E-state index in [1.165, 1.54) is 19.3 Å². The summed E-state index contributed by atoms with van der Waals surface area (Å²) >= 11 is 0. The Morgan fingerprint density at radius 2 is 1.50 bits per heavy atom. The first kappa shape index (κ1) is 15.7. The van der Waals surface area contributed by atoms with Gasteiger partial charge in [-0.05, 0) is 80.5 Å².